The number of carboxylic acids is 1. The average Bonchev–Trinajstić information content (AvgIpc) is 2.45. The van der Waals surface area contributed by atoms with Gasteiger partial charge >= 0.3 is 5.97 Å². The van der Waals surface area contributed by atoms with Crippen molar-refractivity contribution in [3.05, 3.63) is 0 Å². The zero-order chi connectivity index (χ0) is 13.6. The highest BCUT2D eigenvalue weighted by Crippen LogP contribution is 2.29. The summed E-state index contributed by atoms with van der Waals surface area (Å²) < 4.78 is 5.24. The van der Waals surface area contributed by atoms with Crippen LogP contribution in [0.1, 0.15) is 46.5 Å². The Labute approximate surface area is 110 Å². The SMILES string of the molecule is CCOC(CCN1CCCC(C)(C)CC1)C(=O)O. The lowest BCUT2D eigenvalue weighted by molar-refractivity contribution is -0.150. The lowest BCUT2D eigenvalue weighted by Crippen LogP contribution is -2.32. The molecule has 0 bridgehead atoms. The number of carboxylic acid groups (broad SMARTS) is 1. The molecule has 106 valence electrons. The lowest BCUT2D eigenvalue weighted by Gasteiger charge is -2.24. The van der Waals surface area contributed by atoms with E-state index in [0.29, 0.717) is 18.4 Å². The van der Waals surface area contributed by atoms with E-state index in [2.05, 4.69) is 18.7 Å². The Kier molecular flexibility index (Phi) is 6.09. The van der Waals surface area contributed by atoms with Gasteiger partial charge in [-0.15, -0.1) is 0 Å². The molecule has 0 aromatic heterocycles. The third-order valence-corrected chi connectivity index (χ3v) is 3.78. The maximum atomic E-state index is 11.0. The number of likely N-dealkylation sites (tertiary alicyclic amines) is 1. The molecule has 0 radical (unpaired) electrons. The van der Waals surface area contributed by atoms with Crippen molar-refractivity contribution >= 4 is 5.97 Å². The van der Waals surface area contributed by atoms with Gasteiger partial charge in [-0.3, -0.25) is 0 Å². The number of nitrogens with zero attached hydrogens (tertiary/aromatic N) is 1. The third kappa shape index (κ3) is 5.36. The first kappa shape index (κ1) is 15.4. The first-order valence-corrected chi connectivity index (χ1v) is 7.01. The van der Waals surface area contributed by atoms with Gasteiger partial charge in [-0.1, -0.05) is 13.8 Å². The molecule has 1 atom stereocenters. The van der Waals surface area contributed by atoms with Crippen molar-refractivity contribution in [2.45, 2.75) is 52.6 Å². The maximum absolute atomic E-state index is 11.0. The van der Waals surface area contributed by atoms with E-state index in [4.69, 9.17) is 9.84 Å². The number of carbonyl (C=O) groups is 1. The minimum Gasteiger partial charge on any atom is -0.479 e. The van der Waals surface area contributed by atoms with E-state index in [0.717, 1.165) is 19.6 Å². The van der Waals surface area contributed by atoms with Crippen LogP contribution in [-0.4, -0.2) is 48.3 Å². The van der Waals surface area contributed by atoms with E-state index >= 15 is 0 Å². The van der Waals surface area contributed by atoms with Crippen LogP contribution >= 0.6 is 0 Å². The van der Waals surface area contributed by atoms with Gasteiger partial charge in [0.15, 0.2) is 6.10 Å². The van der Waals surface area contributed by atoms with Gasteiger partial charge in [-0.2, -0.15) is 0 Å². The monoisotopic (exact) mass is 257 g/mol. The molecule has 1 heterocycles. The summed E-state index contributed by atoms with van der Waals surface area (Å²) in [5, 5.41) is 9.03. The van der Waals surface area contributed by atoms with Gasteiger partial charge in [0.2, 0.25) is 0 Å². The Balaban J connectivity index is 2.36. The zero-order valence-electron chi connectivity index (χ0n) is 11.9. The van der Waals surface area contributed by atoms with E-state index in [1.165, 1.54) is 19.3 Å². The number of aliphatic carboxylic acids is 1. The quantitative estimate of drug-likeness (QED) is 0.793. The molecule has 0 spiro atoms. The number of hydrogen-bond acceptors (Lipinski definition) is 3. The Hall–Kier alpha value is -0.610. The molecular weight excluding hydrogens is 230 g/mol. The molecule has 1 saturated heterocycles. The van der Waals surface area contributed by atoms with Crippen LogP contribution in [0.3, 0.4) is 0 Å². The van der Waals surface area contributed by atoms with Gasteiger partial charge in [0.1, 0.15) is 0 Å². The molecular formula is C14H27NO3. The van der Waals surface area contributed by atoms with Gasteiger partial charge in [-0.05, 0) is 51.1 Å². The first-order chi connectivity index (χ1) is 8.44. The van der Waals surface area contributed by atoms with Crippen LogP contribution in [0.4, 0.5) is 0 Å². The molecule has 0 amide bonds. The van der Waals surface area contributed by atoms with Crippen molar-refractivity contribution in [1.82, 2.24) is 4.90 Å². The molecule has 0 aliphatic carbocycles. The normalized spacial score (nSPS) is 22.4. The smallest absolute Gasteiger partial charge is 0.332 e. The second-order valence-electron chi connectivity index (χ2n) is 5.93. The van der Waals surface area contributed by atoms with Gasteiger partial charge in [0.05, 0.1) is 0 Å². The van der Waals surface area contributed by atoms with Crippen LogP contribution in [0.5, 0.6) is 0 Å². The first-order valence-electron chi connectivity index (χ1n) is 7.01. The summed E-state index contributed by atoms with van der Waals surface area (Å²) in [6.45, 7) is 9.92. The van der Waals surface area contributed by atoms with Crippen LogP contribution in [0.25, 0.3) is 0 Å². The average molecular weight is 257 g/mol. The molecule has 0 aromatic rings. The molecule has 1 aliphatic heterocycles. The molecule has 4 heteroatoms. The van der Waals surface area contributed by atoms with Crippen LogP contribution in [0.15, 0.2) is 0 Å². The van der Waals surface area contributed by atoms with Gasteiger partial charge in [-0.25, -0.2) is 4.79 Å². The zero-order valence-corrected chi connectivity index (χ0v) is 11.9. The molecule has 1 unspecified atom stereocenters. The molecule has 1 N–H and O–H groups in total. The maximum Gasteiger partial charge on any atom is 0.332 e. The van der Waals surface area contributed by atoms with E-state index in [1.54, 1.807) is 0 Å². The topological polar surface area (TPSA) is 49.8 Å². The van der Waals surface area contributed by atoms with Gasteiger partial charge in [0, 0.05) is 13.2 Å². The van der Waals surface area contributed by atoms with E-state index in [1.807, 2.05) is 6.92 Å². The van der Waals surface area contributed by atoms with Crippen LogP contribution in [-0.2, 0) is 9.53 Å². The van der Waals surface area contributed by atoms with Crippen LogP contribution in [0.2, 0.25) is 0 Å². The predicted molar refractivity (Wildman–Crippen MR) is 71.7 cm³/mol. The second-order valence-corrected chi connectivity index (χ2v) is 5.93. The third-order valence-electron chi connectivity index (χ3n) is 3.78. The number of hydrogen-bond donors (Lipinski definition) is 1. The summed E-state index contributed by atoms with van der Waals surface area (Å²) in [7, 11) is 0. The summed E-state index contributed by atoms with van der Waals surface area (Å²) in [4.78, 5) is 13.4. The number of ether oxygens (including phenoxy) is 1. The Morgan fingerprint density at radius 2 is 2.11 bits per heavy atom. The largest absolute Gasteiger partial charge is 0.479 e. The minimum absolute atomic E-state index is 0.431. The highest BCUT2D eigenvalue weighted by Gasteiger charge is 2.24. The fourth-order valence-electron chi connectivity index (χ4n) is 2.48. The highest BCUT2D eigenvalue weighted by atomic mass is 16.5. The fourth-order valence-corrected chi connectivity index (χ4v) is 2.48. The van der Waals surface area contributed by atoms with Crippen LogP contribution < -0.4 is 0 Å². The summed E-state index contributed by atoms with van der Waals surface area (Å²) >= 11 is 0. The lowest BCUT2D eigenvalue weighted by atomic mass is 9.85. The Morgan fingerprint density at radius 3 is 2.72 bits per heavy atom. The fraction of sp³-hybridized carbons (Fsp3) is 0.929. The summed E-state index contributed by atoms with van der Waals surface area (Å²) in [5.74, 6) is -0.841. The van der Waals surface area contributed by atoms with Gasteiger partial charge < -0.3 is 14.7 Å². The van der Waals surface area contributed by atoms with Gasteiger partial charge in [0.25, 0.3) is 0 Å². The molecule has 0 aromatic carbocycles. The standard InChI is InChI=1S/C14H27NO3/c1-4-18-12(13(16)17)6-10-15-9-5-7-14(2,3)8-11-15/h12H,4-11H2,1-3H3,(H,16,17). The summed E-state index contributed by atoms with van der Waals surface area (Å²) in [6, 6.07) is 0. The molecule has 18 heavy (non-hydrogen) atoms. The van der Waals surface area contributed by atoms with E-state index < -0.39 is 12.1 Å². The van der Waals surface area contributed by atoms with Crippen molar-refractivity contribution < 1.29 is 14.6 Å². The summed E-state index contributed by atoms with van der Waals surface area (Å²) in [6.07, 6.45) is 3.60. The minimum atomic E-state index is -0.841. The number of rotatable bonds is 6. The molecule has 4 nitrogen and oxygen atoms in total. The molecule has 1 rings (SSSR count). The summed E-state index contributed by atoms with van der Waals surface area (Å²) in [5.41, 5.74) is 0.431. The van der Waals surface area contributed by atoms with Crippen molar-refractivity contribution in [2.24, 2.45) is 5.41 Å². The second kappa shape index (κ2) is 7.10. The van der Waals surface area contributed by atoms with E-state index in [-0.39, 0.29) is 0 Å². The van der Waals surface area contributed by atoms with Crippen molar-refractivity contribution in [3.8, 4) is 0 Å². The predicted octanol–water partition coefficient (Wildman–Crippen LogP) is 2.38. The molecule has 1 aliphatic rings. The molecule has 0 saturated carbocycles. The van der Waals surface area contributed by atoms with E-state index in [9.17, 15) is 4.79 Å². The van der Waals surface area contributed by atoms with Crippen molar-refractivity contribution in [1.29, 1.82) is 0 Å². The van der Waals surface area contributed by atoms with Crippen molar-refractivity contribution in [3.63, 3.8) is 0 Å². The molecule has 1 fully saturated rings. The van der Waals surface area contributed by atoms with Crippen LogP contribution in [0, 0.1) is 5.41 Å². The Bertz CT molecular complexity index is 266. The highest BCUT2D eigenvalue weighted by molar-refractivity contribution is 5.72. The van der Waals surface area contributed by atoms with Crippen molar-refractivity contribution in [2.75, 3.05) is 26.2 Å². The Morgan fingerprint density at radius 1 is 1.39 bits per heavy atom.